The van der Waals surface area contributed by atoms with E-state index >= 15 is 0 Å². The molecular weight excluding hydrogens is 588 g/mol. The van der Waals surface area contributed by atoms with Gasteiger partial charge in [-0.05, 0) is 36.2 Å². The molecule has 1 atom stereocenters. The zero-order chi connectivity index (χ0) is 32.0. The Morgan fingerprint density at radius 1 is 0.977 bits per heavy atom. The van der Waals surface area contributed by atoms with Crippen LogP contribution in [0.1, 0.15) is 62.1 Å². The number of carbonyl (C=O) groups is 4. The number of hydrogen-bond donors (Lipinski definition) is 3. The maximum Gasteiger partial charge on any atom is 0.288 e. The Morgan fingerprint density at radius 3 is 2.45 bits per heavy atom. The average molecular weight is 627 g/mol. The van der Waals surface area contributed by atoms with Crippen molar-refractivity contribution in [1.29, 1.82) is 0 Å². The van der Waals surface area contributed by atoms with Crippen molar-refractivity contribution in [1.82, 2.24) is 20.4 Å². The lowest BCUT2D eigenvalue weighted by Gasteiger charge is -2.23. The van der Waals surface area contributed by atoms with Gasteiger partial charge in [-0.1, -0.05) is 75.6 Å². The first-order chi connectivity index (χ1) is 21.2. The minimum absolute atomic E-state index is 0.00982. The molecule has 4 amide bonds. The van der Waals surface area contributed by atoms with Gasteiger partial charge < -0.3 is 15.1 Å². The molecule has 0 aliphatic heterocycles. The van der Waals surface area contributed by atoms with Crippen molar-refractivity contribution in [2.75, 3.05) is 13.2 Å². The largest absolute Gasteiger partial charge is 0.451 e. The number of hydrogen-bond acceptors (Lipinski definition) is 8. The summed E-state index contributed by atoms with van der Waals surface area (Å²) in [7, 11) is -4.06. The lowest BCUT2D eigenvalue weighted by atomic mass is 10.0. The molecule has 0 unspecified atom stereocenters. The fourth-order valence-electron chi connectivity index (χ4n) is 4.18. The molecule has 3 aromatic rings. The number of carbonyl (C=O) groups excluding carboxylic acids is 4. The van der Waals surface area contributed by atoms with Crippen LogP contribution in [0.3, 0.4) is 0 Å². The standard InChI is InChI=1S/C31H38N4O8S/c1-3-5-7-13-25(19-35(22-36)42-20-23-11-8-6-9-12-23)30(38)32-21-33-31(39)28-17-16-27(43-28)24-14-10-15-26(18-24)44(40,41)34-29(37)4-2/h6,8-12,14-18,22,25H,3-5,7,13,19-21H2,1-2H3,(H,32,38)(H,33,39)(H,34,37)/t25-/m1/s1. The highest BCUT2D eigenvalue weighted by atomic mass is 32.2. The minimum atomic E-state index is -4.06. The molecule has 0 saturated heterocycles. The van der Waals surface area contributed by atoms with E-state index in [-0.39, 0.29) is 48.6 Å². The highest BCUT2D eigenvalue weighted by molar-refractivity contribution is 7.90. The van der Waals surface area contributed by atoms with Crippen LogP contribution >= 0.6 is 0 Å². The van der Waals surface area contributed by atoms with Crippen molar-refractivity contribution < 1.29 is 36.9 Å². The predicted octanol–water partition coefficient (Wildman–Crippen LogP) is 3.75. The summed E-state index contributed by atoms with van der Waals surface area (Å²) in [6.45, 7) is 3.64. The van der Waals surface area contributed by atoms with Crippen LogP contribution in [0.15, 0.2) is 76.0 Å². The van der Waals surface area contributed by atoms with Gasteiger partial charge in [0.25, 0.3) is 15.9 Å². The fourth-order valence-corrected chi connectivity index (χ4v) is 5.28. The lowest BCUT2D eigenvalue weighted by Crippen LogP contribution is -2.43. The number of rotatable bonds is 18. The molecule has 3 rings (SSSR count). The van der Waals surface area contributed by atoms with Crippen molar-refractivity contribution in [3.8, 4) is 11.3 Å². The second-order valence-corrected chi connectivity index (χ2v) is 11.6. The molecule has 2 aromatic carbocycles. The van der Waals surface area contributed by atoms with Gasteiger partial charge in [-0.3, -0.25) is 24.0 Å². The Morgan fingerprint density at radius 2 is 1.75 bits per heavy atom. The smallest absolute Gasteiger partial charge is 0.288 e. The molecular formula is C31H38N4O8S. The Kier molecular flexibility index (Phi) is 13.1. The molecule has 12 nitrogen and oxygen atoms in total. The number of furan rings is 1. The highest BCUT2D eigenvalue weighted by Crippen LogP contribution is 2.25. The molecule has 0 aliphatic carbocycles. The van der Waals surface area contributed by atoms with Crippen molar-refractivity contribution in [2.24, 2.45) is 5.92 Å². The number of unbranched alkanes of at least 4 members (excludes halogenated alkanes) is 2. The van der Waals surface area contributed by atoms with E-state index in [1.54, 1.807) is 13.0 Å². The number of sulfonamides is 1. The second-order valence-electron chi connectivity index (χ2n) is 9.95. The van der Waals surface area contributed by atoms with Gasteiger partial charge in [-0.15, -0.1) is 0 Å². The third-order valence-corrected chi connectivity index (χ3v) is 8.00. The molecule has 3 N–H and O–H groups in total. The van der Waals surface area contributed by atoms with Gasteiger partial charge in [0.1, 0.15) is 12.4 Å². The first-order valence-electron chi connectivity index (χ1n) is 14.4. The first kappa shape index (κ1) is 34.0. The summed E-state index contributed by atoms with van der Waals surface area (Å²) in [5.74, 6) is -1.95. The van der Waals surface area contributed by atoms with E-state index in [1.807, 2.05) is 35.1 Å². The zero-order valence-corrected chi connectivity index (χ0v) is 25.6. The third-order valence-electron chi connectivity index (χ3n) is 6.62. The molecule has 13 heteroatoms. The third kappa shape index (κ3) is 10.3. The predicted molar refractivity (Wildman–Crippen MR) is 162 cm³/mol. The van der Waals surface area contributed by atoms with Crippen LogP contribution in [-0.4, -0.2) is 50.8 Å². The molecule has 0 saturated carbocycles. The van der Waals surface area contributed by atoms with Crippen LogP contribution in [0.2, 0.25) is 0 Å². The van der Waals surface area contributed by atoms with Gasteiger partial charge in [-0.2, -0.15) is 0 Å². The van der Waals surface area contributed by atoms with Crippen molar-refractivity contribution in [2.45, 2.75) is 57.5 Å². The Labute approximate surface area is 257 Å². The summed E-state index contributed by atoms with van der Waals surface area (Å²) in [4.78, 5) is 54.4. The van der Waals surface area contributed by atoms with E-state index in [2.05, 4.69) is 17.6 Å². The Hall–Kier alpha value is -4.49. The highest BCUT2D eigenvalue weighted by Gasteiger charge is 2.23. The molecule has 0 bridgehead atoms. The molecule has 236 valence electrons. The maximum atomic E-state index is 13.0. The van der Waals surface area contributed by atoms with Crippen LogP contribution in [-0.2, 0) is 35.9 Å². The number of amides is 4. The molecule has 0 fully saturated rings. The van der Waals surface area contributed by atoms with Crippen LogP contribution in [0.5, 0.6) is 0 Å². The minimum Gasteiger partial charge on any atom is -0.451 e. The summed E-state index contributed by atoms with van der Waals surface area (Å²) >= 11 is 0. The van der Waals surface area contributed by atoms with Crippen LogP contribution in [0.4, 0.5) is 0 Å². The normalized spacial score (nSPS) is 11.8. The van der Waals surface area contributed by atoms with Crippen LogP contribution in [0, 0.1) is 5.92 Å². The van der Waals surface area contributed by atoms with Crippen LogP contribution in [0.25, 0.3) is 11.3 Å². The first-order valence-corrected chi connectivity index (χ1v) is 15.9. The number of hydroxylamine groups is 2. The van der Waals surface area contributed by atoms with Gasteiger partial charge in [0.05, 0.1) is 24.0 Å². The van der Waals surface area contributed by atoms with Crippen molar-refractivity contribution in [3.05, 3.63) is 78.1 Å². The molecule has 0 aliphatic rings. The topological polar surface area (TPSA) is 164 Å². The quantitative estimate of drug-likeness (QED) is 0.0832. The SMILES string of the molecule is CCCCC[C@H](CN(C=O)OCc1ccccc1)C(=O)NCNC(=O)c1ccc(-c2cccc(S(=O)(=O)NC(=O)CC)c2)o1. The van der Waals surface area contributed by atoms with Crippen molar-refractivity contribution >= 4 is 34.2 Å². The van der Waals surface area contributed by atoms with Gasteiger partial charge in [-0.25, -0.2) is 18.2 Å². The fraction of sp³-hybridized carbons (Fsp3) is 0.355. The lowest BCUT2D eigenvalue weighted by molar-refractivity contribution is -0.182. The summed E-state index contributed by atoms with van der Waals surface area (Å²) in [6.07, 6.45) is 3.77. The average Bonchev–Trinajstić information content (AvgIpc) is 3.53. The van der Waals surface area contributed by atoms with E-state index in [1.165, 1.54) is 30.3 Å². The summed E-state index contributed by atoms with van der Waals surface area (Å²) in [5.41, 5.74) is 1.27. The van der Waals surface area contributed by atoms with Gasteiger partial charge in [0, 0.05) is 12.0 Å². The van der Waals surface area contributed by atoms with E-state index in [9.17, 15) is 27.6 Å². The molecule has 1 aromatic heterocycles. The molecule has 0 spiro atoms. The van der Waals surface area contributed by atoms with E-state index in [0.717, 1.165) is 29.9 Å². The van der Waals surface area contributed by atoms with Crippen molar-refractivity contribution in [3.63, 3.8) is 0 Å². The monoisotopic (exact) mass is 626 g/mol. The number of nitrogens with one attached hydrogen (secondary N) is 3. The molecule has 1 heterocycles. The maximum absolute atomic E-state index is 13.0. The zero-order valence-electron chi connectivity index (χ0n) is 24.8. The van der Waals surface area contributed by atoms with E-state index in [0.29, 0.717) is 18.4 Å². The second kappa shape index (κ2) is 17.0. The molecule has 44 heavy (non-hydrogen) atoms. The summed E-state index contributed by atoms with van der Waals surface area (Å²) in [6, 6.07) is 18.1. The van der Waals surface area contributed by atoms with Gasteiger partial charge in [0.2, 0.25) is 18.2 Å². The number of benzene rings is 2. The Balaban J connectivity index is 1.57. The van der Waals surface area contributed by atoms with Gasteiger partial charge >= 0.3 is 0 Å². The van der Waals surface area contributed by atoms with E-state index < -0.39 is 27.8 Å². The number of nitrogens with zero attached hydrogens (tertiary/aromatic N) is 1. The Bertz CT molecular complexity index is 1510. The summed E-state index contributed by atoms with van der Waals surface area (Å²) in [5, 5.41) is 6.37. The van der Waals surface area contributed by atoms with E-state index in [4.69, 9.17) is 9.25 Å². The molecule has 0 radical (unpaired) electrons. The summed E-state index contributed by atoms with van der Waals surface area (Å²) < 4.78 is 32.6. The van der Waals surface area contributed by atoms with Gasteiger partial charge in [0.15, 0.2) is 5.76 Å². The van der Waals surface area contributed by atoms with Crippen LogP contribution < -0.4 is 15.4 Å².